The Kier molecular flexibility index (Phi) is 3.29. The zero-order valence-electron chi connectivity index (χ0n) is 7.38. The molecule has 1 aromatic carbocycles. The van der Waals surface area contributed by atoms with Crippen molar-refractivity contribution in [2.75, 3.05) is 12.4 Å². The van der Waals surface area contributed by atoms with E-state index >= 15 is 0 Å². The third kappa shape index (κ3) is 1.87. The Morgan fingerprint density at radius 3 is 2.33 bits per heavy atom. The van der Waals surface area contributed by atoms with Gasteiger partial charge in [0.1, 0.15) is 0 Å². The number of ether oxygens (including phenoxy) is 1. The van der Waals surface area contributed by atoms with E-state index in [0.29, 0.717) is 0 Å². The molecule has 0 spiro atoms. The van der Waals surface area contributed by atoms with Gasteiger partial charge in [0, 0.05) is 12.4 Å². The predicted octanol–water partition coefficient (Wildman–Crippen LogP) is 2.94. The molecule has 0 aliphatic heterocycles. The van der Waals surface area contributed by atoms with Crippen LogP contribution in [0.4, 0.5) is 0 Å². The van der Waals surface area contributed by atoms with Gasteiger partial charge in [0.2, 0.25) is 0 Å². The first-order valence-corrected chi connectivity index (χ1v) is 5.02. The lowest BCUT2D eigenvalue weighted by Crippen LogP contribution is -2.25. The zero-order chi connectivity index (χ0) is 9.03. The zero-order valence-corrected chi connectivity index (χ0v) is 8.97. The molecule has 1 atom stereocenters. The average molecular weight is 229 g/mol. The third-order valence-electron chi connectivity index (χ3n) is 2.09. The molecule has 1 nitrogen and oxygen atoms in total. The minimum absolute atomic E-state index is 0.207. The van der Waals surface area contributed by atoms with E-state index in [2.05, 4.69) is 35.0 Å². The summed E-state index contributed by atoms with van der Waals surface area (Å²) in [6.45, 7) is 2.07. The first-order chi connectivity index (χ1) is 5.73. The van der Waals surface area contributed by atoms with Gasteiger partial charge in [0.15, 0.2) is 0 Å². The lowest BCUT2D eigenvalue weighted by molar-refractivity contribution is 0.0248. The van der Waals surface area contributed by atoms with Crippen LogP contribution in [0.15, 0.2) is 30.3 Å². The maximum Gasteiger partial charge on any atom is 0.0995 e. The molecule has 0 N–H and O–H groups in total. The van der Waals surface area contributed by atoms with Crippen LogP contribution in [0.5, 0.6) is 0 Å². The van der Waals surface area contributed by atoms with Crippen molar-refractivity contribution in [1.82, 2.24) is 0 Å². The second kappa shape index (κ2) is 4.06. The molecule has 0 aliphatic carbocycles. The van der Waals surface area contributed by atoms with E-state index in [1.165, 1.54) is 5.56 Å². The molecule has 0 aromatic heterocycles. The van der Waals surface area contributed by atoms with Crippen LogP contribution in [0.3, 0.4) is 0 Å². The topological polar surface area (TPSA) is 9.23 Å². The maximum atomic E-state index is 5.43. The van der Waals surface area contributed by atoms with Gasteiger partial charge in [-0.3, -0.25) is 0 Å². The fourth-order valence-corrected chi connectivity index (χ4v) is 1.59. The molecule has 12 heavy (non-hydrogen) atoms. The van der Waals surface area contributed by atoms with Crippen molar-refractivity contribution in [3.8, 4) is 0 Å². The Bertz CT molecular complexity index is 229. The summed E-state index contributed by atoms with van der Waals surface area (Å²) in [5.74, 6) is 0. The SMILES string of the molecule is CO[C@@](C)(CBr)c1ccccc1. The summed E-state index contributed by atoms with van der Waals surface area (Å²) in [5, 5.41) is 0.806. The van der Waals surface area contributed by atoms with E-state index < -0.39 is 0 Å². The Morgan fingerprint density at radius 1 is 1.33 bits per heavy atom. The average Bonchev–Trinajstić information content (AvgIpc) is 2.18. The predicted molar refractivity (Wildman–Crippen MR) is 54.6 cm³/mol. The first-order valence-electron chi connectivity index (χ1n) is 3.89. The normalized spacial score (nSPS) is 15.6. The Balaban J connectivity index is 2.95. The number of benzene rings is 1. The molecule has 0 saturated heterocycles. The number of rotatable bonds is 3. The van der Waals surface area contributed by atoms with Gasteiger partial charge in [0.25, 0.3) is 0 Å². The highest BCUT2D eigenvalue weighted by Gasteiger charge is 2.23. The summed E-state index contributed by atoms with van der Waals surface area (Å²) in [6, 6.07) is 10.2. The van der Waals surface area contributed by atoms with Crippen molar-refractivity contribution < 1.29 is 4.74 Å². The minimum atomic E-state index is -0.207. The van der Waals surface area contributed by atoms with Gasteiger partial charge < -0.3 is 4.74 Å². The molecular formula is C10H13BrO. The molecule has 0 aliphatic rings. The summed E-state index contributed by atoms with van der Waals surface area (Å²) in [5.41, 5.74) is 0.991. The lowest BCUT2D eigenvalue weighted by Gasteiger charge is -2.26. The summed E-state index contributed by atoms with van der Waals surface area (Å²) in [7, 11) is 1.73. The van der Waals surface area contributed by atoms with E-state index in [1.54, 1.807) is 7.11 Å². The standard InChI is InChI=1S/C10H13BrO/c1-10(8-11,12-2)9-6-4-3-5-7-9/h3-7H,8H2,1-2H3/t10-/m0/s1. The van der Waals surface area contributed by atoms with Crippen LogP contribution in [0.25, 0.3) is 0 Å². The quantitative estimate of drug-likeness (QED) is 0.724. The number of methoxy groups -OCH3 is 1. The number of hydrogen-bond acceptors (Lipinski definition) is 1. The molecule has 0 heterocycles. The van der Waals surface area contributed by atoms with E-state index in [-0.39, 0.29) is 5.60 Å². The largest absolute Gasteiger partial charge is 0.373 e. The van der Waals surface area contributed by atoms with Gasteiger partial charge in [-0.1, -0.05) is 46.3 Å². The smallest absolute Gasteiger partial charge is 0.0995 e. The van der Waals surface area contributed by atoms with Crippen LogP contribution < -0.4 is 0 Å². The molecule has 1 aromatic rings. The summed E-state index contributed by atoms with van der Waals surface area (Å²) < 4.78 is 5.43. The van der Waals surface area contributed by atoms with Crippen molar-refractivity contribution in [1.29, 1.82) is 0 Å². The van der Waals surface area contributed by atoms with Crippen LogP contribution in [-0.4, -0.2) is 12.4 Å². The highest BCUT2D eigenvalue weighted by atomic mass is 79.9. The van der Waals surface area contributed by atoms with Crippen molar-refractivity contribution in [2.45, 2.75) is 12.5 Å². The third-order valence-corrected chi connectivity index (χ3v) is 3.16. The highest BCUT2D eigenvalue weighted by molar-refractivity contribution is 9.09. The fourth-order valence-electron chi connectivity index (χ4n) is 1.04. The molecule has 2 heteroatoms. The second-order valence-corrected chi connectivity index (χ2v) is 3.50. The number of alkyl halides is 1. The Morgan fingerprint density at radius 2 is 1.92 bits per heavy atom. The number of hydrogen-bond donors (Lipinski definition) is 0. The Labute approximate surface area is 81.9 Å². The van der Waals surface area contributed by atoms with Crippen LogP contribution >= 0.6 is 15.9 Å². The van der Waals surface area contributed by atoms with Gasteiger partial charge in [-0.25, -0.2) is 0 Å². The summed E-state index contributed by atoms with van der Waals surface area (Å²) in [6.07, 6.45) is 0. The lowest BCUT2D eigenvalue weighted by atomic mass is 9.98. The van der Waals surface area contributed by atoms with E-state index in [1.807, 2.05) is 18.2 Å². The molecule has 0 bridgehead atoms. The van der Waals surface area contributed by atoms with Gasteiger partial charge in [-0.05, 0) is 12.5 Å². The van der Waals surface area contributed by atoms with Crippen LogP contribution in [-0.2, 0) is 10.3 Å². The highest BCUT2D eigenvalue weighted by Crippen LogP contribution is 2.25. The first kappa shape index (κ1) is 9.75. The van der Waals surface area contributed by atoms with Crippen molar-refractivity contribution in [3.05, 3.63) is 35.9 Å². The van der Waals surface area contributed by atoms with E-state index in [9.17, 15) is 0 Å². The van der Waals surface area contributed by atoms with E-state index in [0.717, 1.165) is 5.33 Å². The molecule has 0 saturated carbocycles. The molecule has 1 rings (SSSR count). The molecule has 0 amide bonds. The second-order valence-electron chi connectivity index (χ2n) is 2.93. The maximum absolute atomic E-state index is 5.43. The fraction of sp³-hybridized carbons (Fsp3) is 0.400. The summed E-state index contributed by atoms with van der Waals surface area (Å²) >= 11 is 3.44. The van der Waals surface area contributed by atoms with Crippen molar-refractivity contribution in [2.24, 2.45) is 0 Å². The van der Waals surface area contributed by atoms with Gasteiger partial charge in [-0.2, -0.15) is 0 Å². The molecule has 66 valence electrons. The molecule has 0 radical (unpaired) electrons. The van der Waals surface area contributed by atoms with Crippen LogP contribution in [0.1, 0.15) is 12.5 Å². The minimum Gasteiger partial charge on any atom is -0.373 e. The van der Waals surface area contributed by atoms with Gasteiger partial charge in [0.05, 0.1) is 5.60 Å². The summed E-state index contributed by atoms with van der Waals surface area (Å²) in [4.78, 5) is 0. The number of halogens is 1. The molecule has 0 fully saturated rings. The van der Waals surface area contributed by atoms with E-state index in [4.69, 9.17) is 4.74 Å². The van der Waals surface area contributed by atoms with Gasteiger partial charge in [-0.15, -0.1) is 0 Å². The van der Waals surface area contributed by atoms with Crippen molar-refractivity contribution >= 4 is 15.9 Å². The van der Waals surface area contributed by atoms with Crippen LogP contribution in [0.2, 0.25) is 0 Å². The monoisotopic (exact) mass is 228 g/mol. The Hall–Kier alpha value is -0.340. The van der Waals surface area contributed by atoms with Crippen LogP contribution in [0, 0.1) is 0 Å². The molecule has 0 unspecified atom stereocenters. The van der Waals surface area contributed by atoms with Gasteiger partial charge >= 0.3 is 0 Å². The van der Waals surface area contributed by atoms with Crippen molar-refractivity contribution in [3.63, 3.8) is 0 Å². The molecular weight excluding hydrogens is 216 g/mol.